The van der Waals surface area contributed by atoms with Gasteiger partial charge in [0.2, 0.25) is 0 Å². The largest absolute Gasteiger partial charge is 0.375 e. The van der Waals surface area contributed by atoms with Crippen molar-refractivity contribution >= 4 is 11.6 Å². The Morgan fingerprint density at radius 1 is 1.45 bits per heavy atom. The molecule has 11 heavy (non-hydrogen) atoms. The van der Waals surface area contributed by atoms with E-state index in [1.165, 1.54) is 12.8 Å². The van der Waals surface area contributed by atoms with E-state index in [1.54, 1.807) is 0 Å². The highest BCUT2D eigenvalue weighted by molar-refractivity contribution is 6.17. The molecule has 0 unspecified atom stereocenters. The zero-order valence-electron chi connectivity index (χ0n) is 6.46. The molecule has 1 heterocycles. The average molecular weight is 177 g/mol. The molecule has 2 aliphatic rings. The predicted octanol–water partition coefficient (Wildman–Crippen LogP) is 1.42. The molecular weight excluding hydrogens is 164 g/mol. The summed E-state index contributed by atoms with van der Waals surface area (Å²) in [6, 6.07) is 0. The first-order valence-electron chi connectivity index (χ1n) is 4.19. The lowest BCUT2D eigenvalue weighted by Crippen LogP contribution is -2.28. The van der Waals surface area contributed by atoms with Gasteiger partial charge in [-0.3, -0.25) is 0 Å². The van der Waals surface area contributed by atoms with Crippen LogP contribution in [0.2, 0.25) is 0 Å². The summed E-state index contributed by atoms with van der Waals surface area (Å²) in [7, 11) is 0. The van der Waals surface area contributed by atoms with Crippen molar-refractivity contribution in [2.45, 2.75) is 25.0 Å². The molecule has 1 aliphatic carbocycles. The van der Waals surface area contributed by atoms with Gasteiger partial charge in [-0.05, 0) is 18.8 Å². The van der Waals surface area contributed by atoms with Gasteiger partial charge in [0.1, 0.15) is 0 Å². The fourth-order valence-electron chi connectivity index (χ4n) is 2.00. The van der Waals surface area contributed by atoms with E-state index in [0.29, 0.717) is 24.7 Å². The number of hydrogen-bond acceptors (Lipinski definition) is 2. The van der Waals surface area contributed by atoms with Gasteiger partial charge < -0.3 is 9.47 Å². The number of fused-ring (bicyclic) bond motifs is 2. The van der Waals surface area contributed by atoms with Crippen molar-refractivity contribution in [3.8, 4) is 0 Å². The molecule has 3 heteroatoms. The molecule has 3 atom stereocenters. The lowest BCUT2D eigenvalue weighted by atomic mass is 10.1. The van der Waals surface area contributed by atoms with Crippen molar-refractivity contribution < 1.29 is 9.47 Å². The second-order valence-corrected chi connectivity index (χ2v) is 3.69. The number of hydrogen-bond donors (Lipinski definition) is 0. The molecule has 0 aromatic heterocycles. The summed E-state index contributed by atoms with van der Waals surface area (Å²) in [5.74, 6) is 1.36. The number of rotatable bonds is 3. The monoisotopic (exact) mass is 176 g/mol. The Labute approximate surface area is 71.8 Å². The van der Waals surface area contributed by atoms with Crippen LogP contribution in [0.1, 0.15) is 12.8 Å². The molecule has 0 aromatic carbocycles. The van der Waals surface area contributed by atoms with Crippen LogP contribution in [0.15, 0.2) is 0 Å². The van der Waals surface area contributed by atoms with Gasteiger partial charge in [-0.15, -0.1) is 11.6 Å². The van der Waals surface area contributed by atoms with Crippen LogP contribution in [0, 0.1) is 5.92 Å². The maximum atomic E-state index is 5.53. The van der Waals surface area contributed by atoms with Crippen LogP contribution >= 0.6 is 11.6 Å². The van der Waals surface area contributed by atoms with Crippen molar-refractivity contribution in [1.29, 1.82) is 0 Å². The van der Waals surface area contributed by atoms with E-state index < -0.39 is 0 Å². The summed E-state index contributed by atoms with van der Waals surface area (Å²) in [4.78, 5) is 0. The lowest BCUT2D eigenvalue weighted by Gasteiger charge is -2.21. The molecule has 0 N–H and O–H groups in total. The molecule has 0 radical (unpaired) electrons. The van der Waals surface area contributed by atoms with Crippen LogP contribution in [0.4, 0.5) is 0 Å². The van der Waals surface area contributed by atoms with Crippen LogP contribution in [-0.2, 0) is 9.47 Å². The third-order valence-corrected chi connectivity index (χ3v) is 2.66. The van der Waals surface area contributed by atoms with Crippen molar-refractivity contribution in [2.75, 3.05) is 19.1 Å². The van der Waals surface area contributed by atoms with Crippen LogP contribution < -0.4 is 0 Å². The highest BCUT2D eigenvalue weighted by Gasteiger charge is 2.41. The zero-order valence-corrected chi connectivity index (χ0v) is 7.22. The number of ether oxygens (including phenoxy) is 2. The van der Waals surface area contributed by atoms with Gasteiger partial charge in [-0.25, -0.2) is 0 Å². The Kier molecular flexibility index (Phi) is 2.35. The molecular formula is C8H13ClO2. The Bertz CT molecular complexity index is 140. The molecule has 1 saturated heterocycles. The normalized spacial score (nSPS) is 41.7. The van der Waals surface area contributed by atoms with E-state index in [4.69, 9.17) is 21.1 Å². The Hall–Kier alpha value is 0.210. The molecule has 0 aromatic rings. The third-order valence-electron chi connectivity index (χ3n) is 2.50. The molecule has 2 fully saturated rings. The predicted molar refractivity (Wildman–Crippen MR) is 42.9 cm³/mol. The van der Waals surface area contributed by atoms with E-state index in [-0.39, 0.29) is 0 Å². The number of halogens is 1. The van der Waals surface area contributed by atoms with Crippen molar-refractivity contribution in [3.63, 3.8) is 0 Å². The smallest absolute Gasteiger partial charge is 0.0840 e. The van der Waals surface area contributed by atoms with E-state index in [2.05, 4.69) is 0 Å². The summed E-state index contributed by atoms with van der Waals surface area (Å²) in [5.41, 5.74) is 0. The maximum Gasteiger partial charge on any atom is 0.0840 e. The minimum Gasteiger partial charge on any atom is -0.375 e. The Morgan fingerprint density at radius 3 is 2.91 bits per heavy atom. The molecule has 1 aliphatic heterocycles. The van der Waals surface area contributed by atoms with Crippen LogP contribution in [0.5, 0.6) is 0 Å². The molecule has 0 spiro atoms. The summed E-state index contributed by atoms with van der Waals surface area (Å²) >= 11 is 5.52. The molecule has 2 bridgehead atoms. The van der Waals surface area contributed by atoms with E-state index in [1.807, 2.05) is 0 Å². The van der Waals surface area contributed by atoms with Gasteiger partial charge in [0, 0.05) is 5.88 Å². The lowest BCUT2D eigenvalue weighted by molar-refractivity contribution is -0.0602. The first kappa shape index (κ1) is 7.84. The molecule has 2 nitrogen and oxygen atoms in total. The van der Waals surface area contributed by atoms with Gasteiger partial charge >= 0.3 is 0 Å². The Balaban J connectivity index is 1.78. The standard InChI is InChI=1S/C8H13ClO2/c9-1-2-10-7-3-6-4-8(7)11-5-6/h6-8H,1-5H2/t6-,7-,8-/m1/s1. The highest BCUT2D eigenvalue weighted by atomic mass is 35.5. The van der Waals surface area contributed by atoms with E-state index in [0.717, 1.165) is 12.5 Å². The molecule has 64 valence electrons. The van der Waals surface area contributed by atoms with Crippen molar-refractivity contribution in [2.24, 2.45) is 5.92 Å². The summed E-state index contributed by atoms with van der Waals surface area (Å²) in [5, 5.41) is 0. The fraction of sp³-hybridized carbons (Fsp3) is 1.00. The zero-order chi connectivity index (χ0) is 7.68. The summed E-state index contributed by atoms with van der Waals surface area (Å²) in [6.07, 6.45) is 3.10. The third kappa shape index (κ3) is 1.53. The van der Waals surface area contributed by atoms with E-state index >= 15 is 0 Å². The van der Waals surface area contributed by atoms with Crippen LogP contribution in [-0.4, -0.2) is 31.3 Å². The second kappa shape index (κ2) is 3.30. The minimum absolute atomic E-state index is 0.340. The topological polar surface area (TPSA) is 18.5 Å². The molecule has 1 saturated carbocycles. The number of alkyl halides is 1. The summed E-state index contributed by atoms with van der Waals surface area (Å²) in [6.45, 7) is 1.62. The van der Waals surface area contributed by atoms with Gasteiger partial charge in [0.05, 0.1) is 25.4 Å². The quantitative estimate of drug-likeness (QED) is 0.606. The average Bonchev–Trinajstić information content (AvgIpc) is 2.60. The first-order valence-corrected chi connectivity index (χ1v) is 4.73. The molecule has 0 amide bonds. The fourth-order valence-corrected chi connectivity index (χ4v) is 2.09. The minimum atomic E-state index is 0.340. The SMILES string of the molecule is ClCCO[C@@H]1C[C@H]2CO[C@@H]1C2. The summed E-state index contributed by atoms with van der Waals surface area (Å²) < 4.78 is 11.0. The van der Waals surface area contributed by atoms with Crippen LogP contribution in [0.25, 0.3) is 0 Å². The van der Waals surface area contributed by atoms with Crippen LogP contribution in [0.3, 0.4) is 0 Å². The van der Waals surface area contributed by atoms with E-state index in [9.17, 15) is 0 Å². The van der Waals surface area contributed by atoms with Gasteiger partial charge in [-0.1, -0.05) is 0 Å². The maximum absolute atomic E-state index is 5.53. The second-order valence-electron chi connectivity index (χ2n) is 3.31. The van der Waals surface area contributed by atoms with Crippen molar-refractivity contribution in [3.05, 3.63) is 0 Å². The first-order chi connectivity index (χ1) is 5.40. The van der Waals surface area contributed by atoms with Crippen molar-refractivity contribution in [1.82, 2.24) is 0 Å². The molecule has 2 rings (SSSR count). The highest BCUT2D eigenvalue weighted by Crippen LogP contribution is 2.36. The van der Waals surface area contributed by atoms with Gasteiger partial charge in [0.25, 0.3) is 0 Å². The Morgan fingerprint density at radius 2 is 2.36 bits per heavy atom. The van der Waals surface area contributed by atoms with Gasteiger partial charge in [-0.2, -0.15) is 0 Å². The van der Waals surface area contributed by atoms with Gasteiger partial charge in [0.15, 0.2) is 0 Å².